The van der Waals surface area contributed by atoms with Crippen molar-refractivity contribution in [1.29, 1.82) is 0 Å². The normalized spacial score (nSPS) is 12.2. The summed E-state index contributed by atoms with van der Waals surface area (Å²) in [7, 11) is 1.84. The number of rotatable bonds is 5. The summed E-state index contributed by atoms with van der Waals surface area (Å²) in [5.41, 5.74) is 1.91. The van der Waals surface area contributed by atoms with E-state index in [9.17, 15) is 0 Å². The summed E-state index contributed by atoms with van der Waals surface area (Å²) >= 11 is 3.57. The van der Waals surface area contributed by atoms with Gasteiger partial charge in [-0.2, -0.15) is 0 Å². The third kappa shape index (κ3) is 3.16. The minimum atomic E-state index is -0.136. The molecule has 0 amide bonds. The second kappa shape index (κ2) is 6.81. The lowest BCUT2D eigenvalue weighted by molar-refractivity contribution is 0.0702. The Morgan fingerprint density at radius 2 is 1.95 bits per heavy atom. The van der Waals surface area contributed by atoms with Crippen molar-refractivity contribution < 1.29 is 4.74 Å². The Morgan fingerprint density at radius 3 is 2.55 bits per heavy atom. The minimum Gasteiger partial charge on any atom is -0.372 e. The van der Waals surface area contributed by atoms with E-state index in [-0.39, 0.29) is 6.10 Å². The molecule has 0 aliphatic heterocycles. The average molecular weight is 336 g/mol. The Kier molecular flexibility index (Phi) is 5.09. The Balaban J connectivity index is 2.53. The molecule has 0 radical (unpaired) electrons. The van der Waals surface area contributed by atoms with Crippen LogP contribution in [0.1, 0.15) is 25.8 Å². The molecular weight excluding hydrogens is 318 g/mol. The van der Waals surface area contributed by atoms with Gasteiger partial charge in [-0.3, -0.25) is 0 Å². The molecule has 2 aromatic rings. The van der Waals surface area contributed by atoms with Crippen molar-refractivity contribution in [3.8, 4) is 11.3 Å². The Labute approximate surface area is 127 Å². The fourth-order valence-corrected chi connectivity index (χ4v) is 2.53. The summed E-state index contributed by atoms with van der Waals surface area (Å²) in [5, 5.41) is 3.09. The number of halogens is 1. The van der Waals surface area contributed by atoms with E-state index in [0.717, 1.165) is 21.5 Å². The zero-order valence-corrected chi connectivity index (χ0v) is 13.4. The fourth-order valence-electron chi connectivity index (χ4n) is 1.92. The quantitative estimate of drug-likeness (QED) is 0.895. The lowest BCUT2D eigenvalue weighted by Crippen LogP contribution is -2.09. The van der Waals surface area contributed by atoms with Gasteiger partial charge in [-0.1, -0.05) is 30.3 Å². The molecule has 0 spiro atoms. The highest BCUT2D eigenvalue weighted by Crippen LogP contribution is 2.32. The van der Waals surface area contributed by atoms with Crippen LogP contribution in [0, 0.1) is 0 Å². The smallest absolute Gasteiger partial charge is 0.159 e. The van der Waals surface area contributed by atoms with Gasteiger partial charge in [-0.05, 0) is 29.8 Å². The summed E-state index contributed by atoms with van der Waals surface area (Å²) in [6.07, 6.45) is -0.136. The van der Waals surface area contributed by atoms with Gasteiger partial charge in [-0.15, -0.1) is 0 Å². The second-order valence-electron chi connectivity index (χ2n) is 4.31. The predicted molar refractivity (Wildman–Crippen MR) is 84.8 cm³/mol. The van der Waals surface area contributed by atoms with Crippen LogP contribution in [0.25, 0.3) is 11.3 Å². The lowest BCUT2D eigenvalue weighted by Gasteiger charge is -2.15. The van der Waals surface area contributed by atoms with E-state index in [1.54, 1.807) is 0 Å². The first-order valence-electron chi connectivity index (χ1n) is 6.59. The van der Waals surface area contributed by atoms with Gasteiger partial charge in [0.25, 0.3) is 0 Å². The van der Waals surface area contributed by atoms with Crippen LogP contribution in [0.5, 0.6) is 0 Å². The molecule has 1 unspecified atom stereocenters. The van der Waals surface area contributed by atoms with E-state index < -0.39 is 0 Å². The molecule has 1 heterocycles. The summed E-state index contributed by atoms with van der Waals surface area (Å²) in [4.78, 5) is 9.15. The summed E-state index contributed by atoms with van der Waals surface area (Å²) in [5.74, 6) is 1.44. The highest BCUT2D eigenvalue weighted by molar-refractivity contribution is 9.10. The number of nitrogens with one attached hydrogen (secondary N) is 1. The standard InChI is InChI=1S/C15H18BrN3O/c1-4-20-10(2)14-18-13(11-8-6-5-7-9-11)12(16)15(17-3)19-14/h5-10H,4H2,1-3H3,(H,17,18,19). The first kappa shape index (κ1) is 14.9. The van der Waals surface area contributed by atoms with Crippen LogP contribution in [0.4, 0.5) is 5.82 Å². The monoisotopic (exact) mass is 335 g/mol. The molecule has 0 aliphatic carbocycles. The Morgan fingerprint density at radius 1 is 1.25 bits per heavy atom. The first-order valence-corrected chi connectivity index (χ1v) is 7.38. The summed E-state index contributed by atoms with van der Waals surface area (Å²) in [6.45, 7) is 4.56. The SMILES string of the molecule is CCOC(C)c1nc(NC)c(Br)c(-c2ccccc2)n1. The van der Waals surface area contributed by atoms with E-state index >= 15 is 0 Å². The van der Waals surface area contributed by atoms with Crippen LogP contribution in [-0.2, 0) is 4.74 Å². The van der Waals surface area contributed by atoms with E-state index in [2.05, 4.69) is 31.2 Å². The predicted octanol–water partition coefficient (Wildman–Crippen LogP) is 4.05. The molecule has 1 aromatic heterocycles. The Bertz CT molecular complexity index is 575. The first-order chi connectivity index (χ1) is 9.67. The topological polar surface area (TPSA) is 47.0 Å². The number of nitrogens with zero attached hydrogens (tertiary/aromatic N) is 2. The van der Waals surface area contributed by atoms with Gasteiger partial charge in [0, 0.05) is 19.2 Å². The van der Waals surface area contributed by atoms with E-state index in [1.165, 1.54) is 0 Å². The minimum absolute atomic E-state index is 0.136. The van der Waals surface area contributed by atoms with E-state index in [4.69, 9.17) is 4.74 Å². The van der Waals surface area contributed by atoms with E-state index in [0.29, 0.717) is 12.4 Å². The molecule has 4 nitrogen and oxygen atoms in total. The molecule has 1 aromatic carbocycles. The van der Waals surface area contributed by atoms with Crippen LogP contribution in [0.3, 0.4) is 0 Å². The maximum Gasteiger partial charge on any atom is 0.159 e. The number of hydrogen-bond donors (Lipinski definition) is 1. The molecule has 0 fully saturated rings. The molecule has 0 saturated heterocycles. The highest BCUT2D eigenvalue weighted by Gasteiger charge is 2.16. The number of benzene rings is 1. The van der Waals surface area contributed by atoms with Crippen LogP contribution in [0.2, 0.25) is 0 Å². The van der Waals surface area contributed by atoms with Crippen molar-refractivity contribution in [3.05, 3.63) is 40.6 Å². The van der Waals surface area contributed by atoms with E-state index in [1.807, 2.05) is 51.2 Å². The average Bonchev–Trinajstić information content (AvgIpc) is 2.48. The molecular formula is C15H18BrN3O. The van der Waals surface area contributed by atoms with Crippen LogP contribution in [-0.4, -0.2) is 23.6 Å². The van der Waals surface area contributed by atoms with Gasteiger partial charge < -0.3 is 10.1 Å². The fraction of sp³-hybridized carbons (Fsp3) is 0.333. The number of anilines is 1. The van der Waals surface area contributed by atoms with Gasteiger partial charge in [0.05, 0.1) is 10.2 Å². The van der Waals surface area contributed by atoms with Crippen molar-refractivity contribution in [2.75, 3.05) is 19.0 Å². The maximum atomic E-state index is 5.59. The second-order valence-corrected chi connectivity index (χ2v) is 5.10. The van der Waals surface area contributed by atoms with Gasteiger partial charge in [0.2, 0.25) is 0 Å². The lowest BCUT2D eigenvalue weighted by atomic mass is 10.1. The van der Waals surface area contributed by atoms with Gasteiger partial charge >= 0.3 is 0 Å². The van der Waals surface area contributed by atoms with Crippen LogP contribution < -0.4 is 5.32 Å². The van der Waals surface area contributed by atoms with Gasteiger partial charge in [0.15, 0.2) is 5.82 Å². The van der Waals surface area contributed by atoms with Gasteiger partial charge in [-0.25, -0.2) is 9.97 Å². The number of aromatic nitrogens is 2. The van der Waals surface area contributed by atoms with Crippen molar-refractivity contribution in [1.82, 2.24) is 9.97 Å². The molecule has 1 atom stereocenters. The van der Waals surface area contributed by atoms with Gasteiger partial charge in [0.1, 0.15) is 11.9 Å². The molecule has 2 rings (SSSR count). The largest absolute Gasteiger partial charge is 0.372 e. The van der Waals surface area contributed by atoms with Crippen LogP contribution in [0.15, 0.2) is 34.8 Å². The molecule has 0 bridgehead atoms. The summed E-state index contributed by atoms with van der Waals surface area (Å²) < 4.78 is 6.45. The number of hydrogen-bond acceptors (Lipinski definition) is 4. The number of ether oxygens (including phenoxy) is 1. The maximum absolute atomic E-state index is 5.59. The molecule has 20 heavy (non-hydrogen) atoms. The molecule has 106 valence electrons. The molecule has 0 saturated carbocycles. The van der Waals surface area contributed by atoms with Crippen LogP contribution >= 0.6 is 15.9 Å². The third-order valence-electron chi connectivity index (χ3n) is 2.93. The molecule has 0 aliphatic rings. The van der Waals surface area contributed by atoms with Crippen molar-refractivity contribution in [2.24, 2.45) is 0 Å². The van der Waals surface area contributed by atoms with Crippen molar-refractivity contribution in [3.63, 3.8) is 0 Å². The van der Waals surface area contributed by atoms with Crippen molar-refractivity contribution in [2.45, 2.75) is 20.0 Å². The molecule has 1 N–H and O–H groups in total. The zero-order chi connectivity index (χ0) is 14.5. The van der Waals surface area contributed by atoms with Crippen molar-refractivity contribution >= 4 is 21.7 Å². The zero-order valence-electron chi connectivity index (χ0n) is 11.9. The highest BCUT2D eigenvalue weighted by atomic mass is 79.9. The third-order valence-corrected chi connectivity index (χ3v) is 3.68. The molecule has 5 heteroatoms. The summed E-state index contributed by atoms with van der Waals surface area (Å²) in [6, 6.07) is 10.0. The Hall–Kier alpha value is -1.46.